The number of aldehydes is 1. The lowest BCUT2D eigenvalue weighted by Gasteiger charge is -2.25. The molecule has 0 N–H and O–H groups in total. The summed E-state index contributed by atoms with van der Waals surface area (Å²) < 4.78 is 6.70. The number of hydrogen-bond acceptors (Lipinski definition) is 2. The van der Waals surface area contributed by atoms with Crippen molar-refractivity contribution in [1.29, 1.82) is 0 Å². The van der Waals surface area contributed by atoms with Gasteiger partial charge in [-0.2, -0.15) is 0 Å². The predicted molar refractivity (Wildman–Crippen MR) is 76.1 cm³/mol. The minimum absolute atomic E-state index is 0.540. The Kier molecular flexibility index (Phi) is 4.59. The number of carbonyl (C=O) groups is 1. The van der Waals surface area contributed by atoms with E-state index in [4.69, 9.17) is 4.74 Å². The Morgan fingerprint density at radius 1 is 1.39 bits per heavy atom. The van der Waals surface area contributed by atoms with E-state index in [0.717, 1.165) is 23.6 Å². The molecule has 1 aromatic rings. The molecule has 0 spiro atoms. The predicted octanol–water partition coefficient (Wildman–Crippen LogP) is 4.24. The highest BCUT2D eigenvalue weighted by Crippen LogP contribution is 2.27. The van der Waals surface area contributed by atoms with Gasteiger partial charge in [0.25, 0.3) is 0 Å². The maximum absolute atomic E-state index is 11.0. The molecule has 1 aliphatic rings. The zero-order valence-corrected chi connectivity index (χ0v) is 12.0. The molecule has 3 heteroatoms. The van der Waals surface area contributed by atoms with Gasteiger partial charge in [0.1, 0.15) is 5.75 Å². The Bertz CT molecular complexity index is 454. The largest absolute Gasteiger partial charge is 0.493 e. The van der Waals surface area contributed by atoms with E-state index in [1.165, 1.54) is 0 Å². The van der Waals surface area contributed by atoms with Gasteiger partial charge in [0.05, 0.1) is 12.2 Å². The molecule has 2 unspecified atom stereocenters. The molecule has 0 aliphatic heterocycles. The summed E-state index contributed by atoms with van der Waals surface area (Å²) >= 11 is 3.35. The molecule has 2 rings (SSSR count). The molecule has 0 amide bonds. The molecular formula is C15H17BrO2. The molecule has 2 nitrogen and oxygen atoms in total. The molecule has 18 heavy (non-hydrogen) atoms. The first-order valence-corrected chi connectivity index (χ1v) is 7.02. The maximum Gasteiger partial charge on any atom is 0.153 e. The van der Waals surface area contributed by atoms with Gasteiger partial charge in [0, 0.05) is 4.47 Å². The monoisotopic (exact) mass is 308 g/mol. The summed E-state index contributed by atoms with van der Waals surface area (Å²) in [7, 11) is 0. The van der Waals surface area contributed by atoms with E-state index >= 15 is 0 Å². The van der Waals surface area contributed by atoms with E-state index in [-0.39, 0.29) is 0 Å². The van der Waals surface area contributed by atoms with Gasteiger partial charge in [-0.15, -0.1) is 0 Å². The topological polar surface area (TPSA) is 26.3 Å². The lowest BCUT2D eigenvalue weighted by Crippen LogP contribution is -2.21. The Hall–Kier alpha value is -1.09. The zero-order valence-electron chi connectivity index (χ0n) is 10.4. The van der Waals surface area contributed by atoms with Crippen molar-refractivity contribution < 1.29 is 9.53 Å². The van der Waals surface area contributed by atoms with Crippen LogP contribution < -0.4 is 4.74 Å². The molecule has 0 heterocycles. The fourth-order valence-electron chi connectivity index (χ4n) is 2.18. The highest BCUT2D eigenvalue weighted by atomic mass is 79.9. The summed E-state index contributed by atoms with van der Waals surface area (Å²) in [6, 6.07) is 5.52. The van der Waals surface area contributed by atoms with Gasteiger partial charge in [-0.1, -0.05) is 35.0 Å². The lowest BCUT2D eigenvalue weighted by molar-refractivity contribution is 0.111. The average molecular weight is 309 g/mol. The van der Waals surface area contributed by atoms with Gasteiger partial charge in [-0.25, -0.2) is 0 Å². The van der Waals surface area contributed by atoms with Crippen molar-refractivity contribution >= 4 is 22.2 Å². The normalized spacial score (nSPS) is 22.8. The Morgan fingerprint density at radius 2 is 2.17 bits per heavy atom. The minimum atomic E-state index is 0.540. The van der Waals surface area contributed by atoms with Gasteiger partial charge < -0.3 is 4.74 Å². The van der Waals surface area contributed by atoms with Crippen LogP contribution in [0.2, 0.25) is 0 Å². The maximum atomic E-state index is 11.0. The van der Waals surface area contributed by atoms with Crippen LogP contribution in [-0.2, 0) is 0 Å². The zero-order chi connectivity index (χ0) is 13.0. The Balaban J connectivity index is 2.01. The first kappa shape index (κ1) is 13.3. The highest BCUT2D eigenvalue weighted by Gasteiger charge is 2.19. The third kappa shape index (κ3) is 3.22. The molecule has 0 saturated heterocycles. The van der Waals surface area contributed by atoms with Crippen molar-refractivity contribution in [2.24, 2.45) is 11.8 Å². The lowest BCUT2D eigenvalue weighted by atomic mass is 9.85. The van der Waals surface area contributed by atoms with E-state index in [2.05, 4.69) is 35.0 Å². The number of benzene rings is 1. The fraction of sp³-hybridized carbons (Fsp3) is 0.400. The molecule has 0 saturated carbocycles. The van der Waals surface area contributed by atoms with Crippen LogP contribution in [0.1, 0.15) is 30.1 Å². The van der Waals surface area contributed by atoms with Crippen molar-refractivity contribution in [3.05, 3.63) is 40.4 Å². The third-order valence-electron chi connectivity index (χ3n) is 3.47. The summed E-state index contributed by atoms with van der Waals surface area (Å²) in [5, 5.41) is 0. The van der Waals surface area contributed by atoms with Crippen LogP contribution in [-0.4, -0.2) is 12.9 Å². The first-order valence-electron chi connectivity index (χ1n) is 6.23. The van der Waals surface area contributed by atoms with Crippen molar-refractivity contribution in [3.63, 3.8) is 0 Å². The quantitative estimate of drug-likeness (QED) is 0.614. The van der Waals surface area contributed by atoms with Gasteiger partial charge in [-0.3, -0.25) is 4.79 Å². The molecule has 1 aliphatic carbocycles. The fourth-order valence-corrected chi connectivity index (χ4v) is 2.56. The van der Waals surface area contributed by atoms with Gasteiger partial charge in [0.15, 0.2) is 6.29 Å². The van der Waals surface area contributed by atoms with Crippen LogP contribution in [0, 0.1) is 11.8 Å². The van der Waals surface area contributed by atoms with Gasteiger partial charge in [0.2, 0.25) is 0 Å². The average Bonchev–Trinajstić information content (AvgIpc) is 2.39. The number of allylic oxidation sites excluding steroid dienone is 2. The SMILES string of the molecule is CC1CC=CCC1COc1ccc(Br)cc1C=O. The number of carbonyl (C=O) groups excluding carboxylic acids is 1. The van der Waals surface area contributed by atoms with E-state index in [1.807, 2.05) is 12.1 Å². The summed E-state index contributed by atoms with van der Waals surface area (Å²) in [5.41, 5.74) is 0.600. The summed E-state index contributed by atoms with van der Waals surface area (Å²) in [6.45, 7) is 2.92. The number of hydrogen-bond donors (Lipinski definition) is 0. The molecule has 0 aromatic heterocycles. The van der Waals surface area contributed by atoms with E-state index in [9.17, 15) is 4.79 Å². The number of rotatable bonds is 4. The molecular weight excluding hydrogens is 292 g/mol. The molecule has 0 radical (unpaired) electrons. The molecule has 2 atom stereocenters. The van der Waals surface area contributed by atoms with E-state index in [1.54, 1.807) is 6.07 Å². The number of halogens is 1. The van der Waals surface area contributed by atoms with Crippen molar-refractivity contribution in [2.45, 2.75) is 19.8 Å². The summed E-state index contributed by atoms with van der Waals surface area (Å²) in [5.74, 6) is 1.86. The van der Waals surface area contributed by atoms with Crippen molar-refractivity contribution in [1.82, 2.24) is 0 Å². The summed E-state index contributed by atoms with van der Waals surface area (Å²) in [4.78, 5) is 11.0. The van der Waals surface area contributed by atoms with Crippen molar-refractivity contribution in [2.75, 3.05) is 6.61 Å². The Labute approximate surface area is 116 Å². The molecule has 0 bridgehead atoms. The standard InChI is InChI=1S/C15H17BrO2/c1-11-4-2-3-5-12(11)10-18-15-7-6-14(16)8-13(15)9-17/h2-3,6-9,11-12H,4-5,10H2,1H3. The van der Waals surface area contributed by atoms with Crippen LogP contribution >= 0.6 is 15.9 Å². The third-order valence-corrected chi connectivity index (χ3v) is 3.96. The second kappa shape index (κ2) is 6.19. The highest BCUT2D eigenvalue weighted by molar-refractivity contribution is 9.10. The summed E-state index contributed by atoms with van der Waals surface area (Å²) in [6.07, 6.45) is 7.47. The smallest absolute Gasteiger partial charge is 0.153 e. The first-order chi connectivity index (χ1) is 8.70. The van der Waals surface area contributed by atoms with Crippen LogP contribution in [0.4, 0.5) is 0 Å². The van der Waals surface area contributed by atoms with Crippen LogP contribution in [0.15, 0.2) is 34.8 Å². The molecule has 96 valence electrons. The molecule has 1 aromatic carbocycles. The van der Waals surface area contributed by atoms with Crippen LogP contribution in [0.5, 0.6) is 5.75 Å². The van der Waals surface area contributed by atoms with Crippen molar-refractivity contribution in [3.8, 4) is 5.75 Å². The minimum Gasteiger partial charge on any atom is -0.493 e. The Morgan fingerprint density at radius 3 is 2.89 bits per heavy atom. The molecule has 0 fully saturated rings. The second-order valence-electron chi connectivity index (χ2n) is 4.79. The van der Waals surface area contributed by atoms with Gasteiger partial charge in [-0.05, 0) is 42.9 Å². The van der Waals surface area contributed by atoms with Crippen LogP contribution in [0.3, 0.4) is 0 Å². The van der Waals surface area contributed by atoms with Gasteiger partial charge >= 0.3 is 0 Å². The van der Waals surface area contributed by atoms with E-state index < -0.39 is 0 Å². The second-order valence-corrected chi connectivity index (χ2v) is 5.71. The number of ether oxygens (including phenoxy) is 1. The van der Waals surface area contributed by atoms with Crippen LogP contribution in [0.25, 0.3) is 0 Å². The van der Waals surface area contributed by atoms with E-state index in [0.29, 0.717) is 29.8 Å².